The van der Waals surface area contributed by atoms with E-state index in [4.69, 9.17) is 14.5 Å². The molecule has 5 rings (SSSR count). The van der Waals surface area contributed by atoms with Crippen LogP contribution in [0.15, 0.2) is 54.6 Å². The van der Waals surface area contributed by atoms with Crippen molar-refractivity contribution in [3.63, 3.8) is 0 Å². The summed E-state index contributed by atoms with van der Waals surface area (Å²) in [5, 5.41) is 5.53. The number of benzene rings is 2. The predicted molar refractivity (Wildman–Crippen MR) is 95.1 cm³/mol. The fraction of sp³-hybridized carbons (Fsp3) is 0.100. The molecule has 1 aliphatic heterocycles. The third kappa shape index (κ3) is 2.30. The number of nitrogens with zero attached hydrogens (tertiary/aromatic N) is 3. The molecule has 26 heavy (non-hydrogen) atoms. The molecule has 3 heterocycles. The molecule has 2 aromatic carbocycles. The van der Waals surface area contributed by atoms with Gasteiger partial charge in [-0.05, 0) is 61.5 Å². The van der Waals surface area contributed by atoms with Gasteiger partial charge in [0.2, 0.25) is 6.79 Å². The molecule has 0 radical (unpaired) electrons. The van der Waals surface area contributed by atoms with Crippen LogP contribution in [0.4, 0.5) is 4.39 Å². The van der Waals surface area contributed by atoms with Crippen LogP contribution in [0.5, 0.6) is 11.5 Å². The Balaban J connectivity index is 1.67. The molecule has 0 N–H and O–H groups in total. The van der Waals surface area contributed by atoms with Gasteiger partial charge in [-0.1, -0.05) is 0 Å². The van der Waals surface area contributed by atoms with E-state index >= 15 is 0 Å². The summed E-state index contributed by atoms with van der Waals surface area (Å²) in [4.78, 5) is 4.80. The SMILES string of the molecule is Cc1nn(-c2ccc(F)cc2)c2nc(-c3ccc4c(c3)OCO4)ccc12. The fourth-order valence-corrected chi connectivity index (χ4v) is 3.12. The number of fused-ring (bicyclic) bond motifs is 2. The van der Waals surface area contributed by atoms with E-state index in [-0.39, 0.29) is 12.6 Å². The summed E-state index contributed by atoms with van der Waals surface area (Å²) in [5.74, 6) is 1.17. The van der Waals surface area contributed by atoms with Crippen LogP contribution >= 0.6 is 0 Å². The van der Waals surface area contributed by atoms with E-state index in [1.807, 2.05) is 37.3 Å². The zero-order chi connectivity index (χ0) is 17.7. The number of rotatable bonds is 2. The van der Waals surface area contributed by atoms with Crippen LogP contribution in [0.2, 0.25) is 0 Å². The van der Waals surface area contributed by atoms with Crippen molar-refractivity contribution in [1.29, 1.82) is 0 Å². The summed E-state index contributed by atoms with van der Waals surface area (Å²) in [5.41, 5.74) is 4.10. The molecule has 2 aromatic heterocycles. The first kappa shape index (κ1) is 14.9. The highest BCUT2D eigenvalue weighted by atomic mass is 19.1. The lowest BCUT2D eigenvalue weighted by Crippen LogP contribution is -1.98. The number of hydrogen-bond donors (Lipinski definition) is 0. The average Bonchev–Trinajstić information content (AvgIpc) is 3.26. The van der Waals surface area contributed by atoms with Gasteiger partial charge in [-0.2, -0.15) is 5.10 Å². The maximum atomic E-state index is 13.2. The Bertz CT molecular complexity index is 1140. The second-order valence-electron chi connectivity index (χ2n) is 6.11. The van der Waals surface area contributed by atoms with E-state index in [0.717, 1.165) is 39.4 Å². The van der Waals surface area contributed by atoms with Crippen molar-refractivity contribution in [3.05, 3.63) is 66.1 Å². The first-order valence-electron chi connectivity index (χ1n) is 8.21. The number of halogens is 1. The number of hydrogen-bond acceptors (Lipinski definition) is 4. The molecular formula is C20H14FN3O2. The van der Waals surface area contributed by atoms with Gasteiger partial charge in [-0.3, -0.25) is 0 Å². The molecule has 0 amide bonds. The zero-order valence-electron chi connectivity index (χ0n) is 13.9. The van der Waals surface area contributed by atoms with Gasteiger partial charge in [-0.25, -0.2) is 14.1 Å². The first-order chi connectivity index (χ1) is 12.7. The fourth-order valence-electron chi connectivity index (χ4n) is 3.12. The monoisotopic (exact) mass is 347 g/mol. The molecule has 0 aliphatic carbocycles. The lowest BCUT2D eigenvalue weighted by Gasteiger charge is -2.06. The van der Waals surface area contributed by atoms with Crippen LogP contribution in [-0.2, 0) is 0 Å². The number of aryl methyl sites for hydroxylation is 1. The Morgan fingerprint density at radius 2 is 1.77 bits per heavy atom. The molecule has 0 saturated carbocycles. The van der Waals surface area contributed by atoms with Crippen molar-refractivity contribution in [3.8, 4) is 28.4 Å². The summed E-state index contributed by atoms with van der Waals surface area (Å²) in [6.45, 7) is 2.17. The van der Waals surface area contributed by atoms with Gasteiger partial charge in [0.05, 0.1) is 17.1 Å². The Morgan fingerprint density at radius 3 is 2.62 bits per heavy atom. The highest BCUT2D eigenvalue weighted by Gasteiger charge is 2.16. The molecule has 0 spiro atoms. The molecule has 4 aromatic rings. The van der Waals surface area contributed by atoms with E-state index in [0.29, 0.717) is 5.75 Å². The van der Waals surface area contributed by atoms with Crippen LogP contribution in [-0.4, -0.2) is 21.6 Å². The minimum absolute atomic E-state index is 0.238. The van der Waals surface area contributed by atoms with Crippen LogP contribution < -0.4 is 9.47 Å². The molecule has 0 unspecified atom stereocenters. The maximum absolute atomic E-state index is 13.2. The van der Waals surface area contributed by atoms with Crippen molar-refractivity contribution < 1.29 is 13.9 Å². The van der Waals surface area contributed by atoms with Crippen LogP contribution in [0.1, 0.15) is 5.69 Å². The largest absolute Gasteiger partial charge is 0.454 e. The Kier molecular flexibility index (Phi) is 3.18. The van der Waals surface area contributed by atoms with Gasteiger partial charge in [-0.15, -0.1) is 0 Å². The lowest BCUT2D eigenvalue weighted by molar-refractivity contribution is 0.174. The second-order valence-corrected chi connectivity index (χ2v) is 6.11. The summed E-state index contributed by atoms with van der Waals surface area (Å²) in [7, 11) is 0. The van der Waals surface area contributed by atoms with Crippen LogP contribution in [0.25, 0.3) is 28.0 Å². The molecule has 0 saturated heterocycles. The number of pyridine rings is 1. The summed E-state index contributed by atoms with van der Waals surface area (Å²) in [6, 6.07) is 15.9. The first-order valence-corrected chi connectivity index (χ1v) is 8.21. The Morgan fingerprint density at radius 1 is 0.962 bits per heavy atom. The van der Waals surface area contributed by atoms with E-state index in [1.54, 1.807) is 16.8 Å². The van der Waals surface area contributed by atoms with Gasteiger partial charge in [0.15, 0.2) is 17.1 Å². The van der Waals surface area contributed by atoms with E-state index in [2.05, 4.69) is 5.10 Å². The summed E-state index contributed by atoms with van der Waals surface area (Å²) < 4.78 is 25.8. The quantitative estimate of drug-likeness (QED) is 0.543. The topological polar surface area (TPSA) is 49.2 Å². The lowest BCUT2D eigenvalue weighted by atomic mass is 10.1. The van der Waals surface area contributed by atoms with Crippen molar-refractivity contribution in [2.75, 3.05) is 6.79 Å². The highest BCUT2D eigenvalue weighted by Crippen LogP contribution is 2.36. The van der Waals surface area contributed by atoms with E-state index in [9.17, 15) is 4.39 Å². The predicted octanol–water partition coefficient (Wildman–Crippen LogP) is 4.26. The van der Waals surface area contributed by atoms with E-state index in [1.165, 1.54) is 12.1 Å². The number of aromatic nitrogens is 3. The third-order valence-electron chi connectivity index (χ3n) is 4.46. The third-order valence-corrected chi connectivity index (χ3v) is 4.46. The molecule has 0 bridgehead atoms. The normalized spacial score (nSPS) is 12.7. The Labute approximate surface area is 148 Å². The van der Waals surface area contributed by atoms with Gasteiger partial charge in [0.25, 0.3) is 0 Å². The molecule has 6 heteroatoms. The molecule has 0 fully saturated rings. The minimum Gasteiger partial charge on any atom is -0.454 e. The zero-order valence-corrected chi connectivity index (χ0v) is 13.9. The second kappa shape index (κ2) is 5.56. The van der Waals surface area contributed by atoms with Gasteiger partial charge in [0.1, 0.15) is 5.82 Å². The maximum Gasteiger partial charge on any atom is 0.231 e. The summed E-state index contributed by atoms with van der Waals surface area (Å²) >= 11 is 0. The molecule has 128 valence electrons. The number of ether oxygens (including phenoxy) is 2. The van der Waals surface area contributed by atoms with Crippen LogP contribution in [0.3, 0.4) is 0 Å². The van der Waals surface area contributed by atoms with Crippen molar-refractivity contribution in [2.45, 2.75) is 6.92 Å². The smallest absolute Gasteiger partial charge is 0.231 e. The minimum atomic E-state index is -0.282. The molecule has 0 atom stereocenters. The standard InChI is InChI=1S/C20H14FN3O2/c1-12-16-7-8-17(13-2-9-18-19(10-13)26-11-25-18)22-20(16)24(23-12)15-5-3-14(21)4-6-15/h2-10H,11H2,1H3. The van der Waals surface area contributed by atoms with Gasteiger partial charge >= 0.3 is 0 Å². The Hall–Kier alpha value is -3.41. The van der Waals surface area contributed by atoms with Crippen molar-refractivity contribution in [2.24, 2.45) is 0 Å². The van der Waals surface area contributed by atoms with Crippen molar-refractivity contribution >= 4 is 11.0 Å². The van der Waals surface area contributed by atoms with Crippen molar-refractivity contribution in [1.82, 2.24) is 14.8 Å². The summed E-state index contributed by atoms with van der Waals surface area (Å²) in [6.07, 6.45) is 0. The molecule has 1 aliphatic rings. The van der Waals surface area contributed by atoms with Crippen LogP contribution in [0, 0.1) is 12.7 Å². The highest BCUT2D eigenvalue weighted by molar-refractivity contribution is 5.82. The molecular weight excluding hydrogens is 333 g/mol. The average molecular weight is 347 g/mol. The molecule has 5 nitrogen and oxygen atoms in total. The van der Waals surface area contributed by atoms with Gasteiger partial charge < -0.3 is 9.47 Å². The van der Waals surface area contributed by atoms with E-state index < -0.39 is 0 Å². The van der Waals surface area contributed by atoms with Gasteiger partial charge in [0, 0.05) is 10.9 Å².